The van der Waals surface area contributed by atoms with Gasteiger partial charge in [0.1, 0.15) is 13.2 Å². The van der Waals surface area contributed by atoms with Crippen LogP contribution in [0.4, 0.5) is 26.7 Å². The maximum atomic E-state index is 14.9. The second-order valence-corrected chi connectivity index (χ2v) is 13.9. The molecule has 13 heteroatoms. The Hall–Kier alpha value is -4.20. The highest BCUT2D eigenvalue weighted by molar-refractivity contribution is 6.08. The first-order valence-corrected chi connectivity index (χ1v) is 16.7. The van der Waals surface area contributed by atoms with Gasteiger partial charge in [-0.15, -0.1) is 0 Å². The molecule has 7 rings (SSSR count). The Kier molecular flexibility index (Phi) is 8.12. The summed E-state index contributed by atoms with van der Waals surface area (Å²) in [6.07, 6.45) is -0.223. The number of ether oxygens (including phenoxy) is 3. The van der Waals surface area contributed by atoms with E-state index in [0.29, 0.717) is 55.3 Å². The molecule has 5 atom stereocenters. The zero-order chi connectivity index (χ0) is 34.0. The summed E-state index contributed by atoms with van der Waals surface area (Å²) in [7, 11) is 0. The van der Waals surface area contributed by atoms with Gasteiger partial charge in [0.25, 0.3) is 5.91 Å². The number of nitrogens with zero attached hydrogens (tertiary/aromatic N) is 4. The number of carbonyl (C=O) groups excluding carboxylic acids is 4. The minimum absolute atomic E-state index is 0.0571. The summed E-state index contributed by atoms with van der Waals surface area (Å²) in [4.78, 5) is 59.6. The first-order valence-electron chi connectivity index (χ1n) is 16.7. The lowest BCUT2D eigenvalue weighted by atomic mass is 9.70. The van der Waals surface area contributed by atoms with Crippen molar-refractivity contribution < 1.29 is 43.6 Å². The minimum Gasteiger partial charge on any atom is -0.447 e. The fraction of sp³-hybridized carbons (Fsp3) is 0.543. The lowest BCUT2D eigenvalue weighted by Crippen LogP contribution is -2.46. The van der Waals surface area contributed by atoms with E-state index in [2.05, 4.69) is 0 Å². The van der Waals surface area contributed by atoms with Crippen LogP contribution in [0.25, 0.3) is 0 Å². The van der Waals surface area contributed by atoms with Crippen LogP contribution in [-0.4, -0.2) is 96.3 Å². The Labute approximate surface area is 278 Å². The van der Waals surface area contributed by atoms with Gasteiger partial charge in [-0.3, -0.25) is 19.4 Å². The van der Waals surface area contributed by atoms with Crippen LogP contribution in [0.1, 0.15) is 51.2 Å². The number of cyclic esters (lactones) is 2. The van der Waals surface area contributed by atoms with Crippen molar-refractivity contribution in [2.24, 2.45) is 11.8 Å². The van der Waals surface area contributed by atoms with E-state index in [9.17, 15) is 29.4 Å². The molecule has 2 aromatic carbocycles. The number of benzene rings is 2. The van der Waals surface area contributed by atoms with Crippen molar-refractivity contribution in [2.75, 3.05) is 54.2 Å². The summed E-state index contributed by atoms with van der Waals surface area (Å²) in [5, 5.41) is 21.4. The molecule has 1 spiro atoms. The number of rotatable bonds is 8. The molecule has 0 unspecified atom stereocenters. The average Bonchev–Trinajstić information content (AvgIpc) is 3.88. The standard InChI is InChI=1S/C35H42N4O9/c1-21-30(34(2,3)45)28(18-29(41)36-12-4-5-25(36)20-40)48-35(21)26-17-24(38-14-16-47-33(38)44)10-11-27(26)39(31(35)42)19-22-6-8-23(9-7-22)37-13-15-46-32(37)43/h6-11,17,21,25,28,30,40,45H,4-5,12-16,18-20H2,1-3H3/t21-,25+,28+,30-,35+/m1/s1. The van der Waals surface area contributed by atoms with Gasteiger partial charge < -0.3 is 34.2 Å². The molecular formula is C35H42N4O9. The van der Waals surface area contributed by atoms with Crippen LogP contribution in [0.2, 0.25) is 0 Å². The molecule has 0 bridgehead atoms. The highest BCUT2D eigenvalue weighted by Gasteiger charge is 2.66. The molecule has 2 aromatic rings. The zero-order valence-corrected chi connectivity index (χ0v) is 27.5. The minimum atomic E-state index is -1.55. The third-order valence-corrected chi connectivity index (χ3v) is 10.7. The van der Waals surface area contributed by atoms with Crippen LogP contribution in [-0.2, 0) is 35.9 Å². The lowest BCUT2D eigenvalue weighted by Gasteiger charge is -2.34. The molecule has 4 amide bonds. The van der Waals surface area contributed by atoms with E-state index in [1.807, 2.05) is 31.2 Å². The Bertz CT molecular complexity index is 1620. The van der Waals surface area contributed by atoms with Gasteiger partial charge in [-0.1, -0.05) is 19.1 Å². The van der Waals surface area contributed by atoms with Crippen LogP contribution in [0.3, 0.4) is 0 Å². The van der Waals surface area contributed by atoms with Crippen molar-refractivity contribution in [1.29, 1.82) is 0 Å². The van der Waals surface area contributed by atoms with Crippen LogP contribution >= 0.6 is 0 Å². The van der Waals surface area contributed by atoms with Crippen molar-refractivity contribution in [1.82, 2.24) is 4.90 Å². The Morgan fingerprint density at radius 3 is 2.21 bits per heavy atom. The highest BCUT2D eigenvalue weighted by Crippen LogP contribution is 2.58. The van der Waals surface area contributed by atoms with Gasteiger partial charge >= 0.3 is 12.2 Å². The molecule has 0 radical (unpaired) electrons. The number of likely N-dealkylation sites (tertiary alicyclic amines) is 1. The smallest absolute Gasteiger partial charge is 0.414 e. The van der Waals surface area contributed by atoms with Crippen LogP contribution in [0, 0.1) is 11.8 Å². The van der Waals surface area contributed by atoms with Crippen molar-refractivity contribution in [3.05, 3.63) is 53.6 Å². The molecule has 13 nitrogen and oxygen atoms in total. The molecular weight excluding hydrogens is 620 g/mol. The van der Waals surface area contributed by atoms with E-state index >= 15 is 0 Å². The Morgan fingerprint density at radius 1 is 0.958 bits per heavy atom. The maximum absolute atomic E-state index is 14.9. The zero-order valence-electron chi connectivity index (χ0n) is 27.5. The second-order valence-electron chi connectivity index (χ2n) is 13.9. The van der Waals surface area contributed by atoms with Crippen LogP contribution in [0.5, 0.6) is 0 Å². The molecule has 5 aliphatic heterocycles. The molecule has 4 saturated heterocycles. The summed E-state index contributed by atoms with van der Waals surface area (Å²) in [6.45, 7) is 7.24. The first-order chi connectivity index (χ1) is 22.9. The van der Waals surface area contributed by atoms with E-state index in [-0.39, 0.29) is 44.0 Å². The number of aliphatic hydroxyl groups excluding tert-OH is 1. The van der Waals surface area contributed by atoms with Crippen LogP contribution < -0.4 is 14.7 Å². The van der Waals surface area contributed by atoms with Gasteiger partial charge in [-0.25, -0.2) is 9.59 Å². The summed E-state index contributed by atoms with van der Waals surface area (Å²) in [5.74, 6) is -1.68. The number of hydrogen-bond donors (Lipinski definition) is 2. The predicted molar refractivity (Wildman–Crippen MR) is 173 cm³/mol. The molecule has 4 fully saturated rings. The second kappa shape index (κ2) is 12.0. The number of aliphatic hydroxyl groups is 2. The highest BCUT2D eigenvalue weighted by atomic mass is 16.6. The fourth-order valence-electron chi connectivity index (χ4n) is 8.45. The summed E-state index contributed by atoms with van der Waals surface area (Å²) in [5.41, 5.74) is 0.379. The van der Waals surface area contributed by atoms with Crippen molar-refractivity contribution in [3.63, 3.8) is 0 Å². The van der Waals surface area contributed by atoms with Crippen molar-refractivity contribution >= 4 is 41.1 Å². The normalized spacial score (nSPS) is 28.6. The number of amides is 4. The summed E-state index contributed by atoms with van der Waals surface area (Å²) >= 11 is 0. The third kappa shape index (κ3) is 5.19. The number of hydrogen-bond acceptors (Lipinski definition) is 9. The molecule has 256 valence electrons. The first kappa shape index (κ1) is 32.4. The molecule has 0 aromatic heterocycles. The predicted octanol–water partition coefficient (Wildman–Crippen LogP) is 3.14. The molecule has 2 N–H and O–H groups in total. The fourth-order valence-corrected chi connectivity index (χ4v) is 8.45. The quantitative estimate of drug-likeness (QED) is 0.435. The largest absolute Gasteiger partial charge is 0.447 e. The summed E-state index contributed by atoms with van der Waals surface area (Å²) in [6, 6.07) is 12.5. The van der Waals surface area contributed by atoms with E-state index in [0.717, 1.165) is 12.0 Å². The molecule has 0 saturated carbocycles. The number of carbonyl (C=O) groups is 4. The summed E-state index contributed by atoms with van der Waals surface area (Å²) < 4.78 is 17.1. The number of anilines is 3. The van der Waals surface area contributed by atoms with Gasteiger partial charge in [-0.05, 0) is 62.6 Å². The third-order valence-electron chi connectivity index (χ3n) is 10.7. The average molecular weight is 663 g/mol. The topological polar surface area (TPSA) is 149 Å². The van der Waals surface area contributed by atoms with E-state index < -0.39 is 41.3 Å². The number of fused-ring (bicyclic) bond motifs is 2. The Morgan fingerprint density at radius 2 is 1.60 bits per heavy atom. The maximum Gasteiger partial charge on any atom is 0.414 e. The van der Waals surface area contributed by atoms with E-state index in [1.54, 1.807) is 46.7 Å². The monoisotopic (exact) mass is 662 g/mol. The Balaban J connectivity index is 1.26. The van der Waals surface area contributed by atoms with Crippen LogP contribution in [0.15, 0.2) is 42.5 Å². The van der Waals surface area contributed by atoms with Gasteiger partial charge in [0.05, 0.1) is 56.1 Å². The van der Waals surface area contributed by atoms with E-state index in [1.165, 1.54) is 4.90 Å². The van der Waals surface area contributed by atoms with Gasteiger partial charge in [-0.2, -0.15) is 0 Å². The molecule has 5 aliphatic rings. The molecule has 5 heterocycles. The van der Waals surface area contributed by atoms with Crippen molar-refractivity contribution in [3.8, 4) is 0 Å². The van der Waals surface area contributed by atoms with Gasteiger partial charge in [0.15, 0.2) is 5.60 Å². The van der Waals surface area contributed by atoms with Gasteiger partial charge in [0, 0.05) is 35.3 Å². The molecule has 0 aliphatic carbocycles. The lowest BCUT2D eigenvalue weighted by molar-refractivity contribution is -0.150. The van der Waals surface area contributed by atoms with Gasteiger partial charge in [0.2, 0.25) is 5.91 Å². The molecule has 48 heavy (non-hydrogen) atoms. The van der Waals surface area contributed by atoms with Crippen molar-refractivity contribution in [2.45, 2.75) is 69.9 Å². The van der Waals surface area contributed by atoms with E-state index in [4.69, 9.17) is 14.2 Å². The SMILES string of the molecule is C[C@@H]1[C@@H](C(C)(C)O)[C@H](CC(=O)N2CCC[C@H]2CO)O[C@@]12C(=O)N(Cc1ccc(N3CCOC3=O)cc1)c1ccc(N3CCOC3=O)cc12.